The zero-order valence-corrected chi connectivity index (χ0v) is 16.9. The number of carbonyl (C=O) groups is 1. The Bertz CT molecular complexity index is 729. The average Bonchev–Trinajstić information content (AvgIpc) is 2.61. The Morgan fingerprint density at radius 2 is 1.57 bits per heavy atom. The lowest BCUT2D eigenvalue weighted by molar-refractivity contribution is 0.0956. The Hall–Kier alpha value is -2.37. The summed E-state index contributed by atoms with van der Waals surface area (Å²) in [4.78, 5) is 11.3. The second-order valence-electron chi connectivity index (χ2n) is 8.47. The molecule has 5 N–H and O–H groups in total. The van der Waals surface area contributed by atoms with Crippen LogP contribution in [0.25, 0.3) is 0 Å². The maximum absolute atomic E-state index is 11.3. The van der Waals surface area contributed by atoms with Crippen molar-refractivity contribution in [1.82, 2.24) is 5.32 Å². The van der Waals surface area contributed by atoms with Crippen LogP contribution in [0.15, 0.2) is 60.7 Å². The van der Waals surface area contributed by atoms with Gasteiger partial charge in [-0.2, -0.15) is 0 Å². The lowest BCUT2D eigenvalue weighted by Gasteiger charge is -2.37. The van der Waals surface area contributed by atoms with Gasteiger partial charge in [-0.05, 0) is 29.4 Å². The van der Waals surface area contributed by atoms with Crippen molar-refractivity contribution in [3.63, 3.8) is 0 Å². The second-order valence-corrected chi connectivity index (χ2v) is 8.47. The third kappa shape index (κ3) is 6.36. The highest BCUT2D eigenvalue weighted by molar-refractivity contribution is 5.65. The lowest BCUT2D eigenvalue weighted by Crippen LogP contribution is -2.48. The van der Waals surface area contributed by atoms with Crippen molar-refractivity contribution in [2.45, 2.75) is 57.7 Å². The third-order valence-corrected chi connectivity index (χ3v) is 5.11. The Balaban J connectivity index is 2.17. The third-order valence-electron chi connectivity index (χ3n) is 5.11. The van der Waals surface area contributed by atoms with Crippen molar-refractivity contribution in [2.75, 3.05) is 0 Å². The molecule has 0 heterocycles. The molecule has 1 unspecified atom stereocenters. The number of hydrogen-bond acceptors (Lipinski definition) is 3. The van der Waals surface area contributed by atoms with Gasteiger partial charge in [0.15, 0.2) is 0 Å². The zero-order valence-electron chi connectivity index (χ0n) is 16.9. The van der Waals surface area contributed by atoms with E-state index in [0.717, 1.165) is 11.1 Å². The number of nitrogens with two attached hydrogens (primary N) is 1. The smallest absolute Gasteiger partial charge is 0.404 e. The summed E-state index contributed by atoms with van der Waals surface area (Å²) in [6.45, 7) is 6.40. The molecule has 0 saturated heterocycles. The molecule has 2 aromatic rings. The molecule has 0 aliphatic heterocycles. The van der Waals surface area contributed by atoms with Gasteiger partial charge in [-0.1, -0.05) is 81.4 Å². The zero-order chi connectivity index (χ0) is 20.7. The normalized spacial score (nSPS) is 16.0. The topological polar surface area (TPSA) is 95.6 Å². The van der Waals surface area contributed by atoms with E-state index in [0.29, 0.717) is 12.8 Å². The summed E-state index contributed by atoms with van der Waals surface area (Å²) in [5.74, 6) is 0.0329. The summed E-state index contributed by atoms with van der Waals surface area (Å²) in [6.07, 6.45) is -1.33. The Kier molecular flexibility index (Phi) is 7.61. The molecule has 28 heavy (non-hydrogen) atoms. The molecule has 4 atom stereocenters. The summed E-state index contributed by atoms with van der Waals surface area (Å²) < 4.78 is 0. The average molecular weight is 385 g/mol. The highest BCUT2D eigenvalue weighted by Gasteiger charge is 2.34. The molecule has 0 fully saturated rings. The quantitative estimate of drug-likeness (QED) is 0.557. The molecule has 0 bridgehead atoms. The van der Waals surface area contributed by atoms with Gasteiger partial charge < -0.3 is 21.3 Å². The molecule has 2 rings (SSSR count). The van der Waals surface area contributed by atoms with Crippen LogP contribution in [-0.2, 0) is 6.42 Å². The highest BCUT2D eigenvalue weighted by atomic mass is 16.4. The second kappa shape index (κ2) is 9.71. The van der Waals surface area contributed by atoms with E-state index in [4.69, 9.17) is 5.73 Å². The van der Waals surface area contributed by atoms with E-state index in [1.54, 1.807) is 0 Å². The fourth-order valence-corrected chi connectivity index (χ4v) is 3.94. The first-order chi connectivity index (χ1) is 13.2. The number of amides is 1. The number of hydrogen-bond donors (Lipinski definition) is 4. The Labute approximate surface area is 167 Å². The minimum Gasteiger partial charge on any atom is -0.465 e. The van der Waals surface area contributed by atoms with Crippen LogP contribution in [0.3, 0.4) is 0 Å². The van der Waals surface area contributed by atoms with Crippen molar-refractivity contribution < 1.29 is 15.0 Å². The summed E-state index contributed by atoms with van der Waals surface area (Å²) in [6, 6.07) is 18.7. The molecule has 0 aliphatic rings. The SMILES string of the molecule is CC(C)(C)C(c1ccccc1)[C@@H](N)C[C@@H](O)[C@H](Cc1ccccc1)NC(=O)O. The van der Waals surface area contributed by atoms with Crippen molar-refractivity contribution >= 4 is 6.09 Å². The largest absolute Gasteiger partial charge is 0.465 e. The number of aliphatic hydroxyl groups is 1. The minimum atomic E-state index is -1.15. The summed E-state index contributed by atoms with van der Waals surface area (Å²) >= 11 is 0. The van der Waals surface area contributed by atoms with Crippen LogP contribution in [0.4, 0.5) is 4.79 Å². The van der Waals surface area contributed by atoms with Gasteiger partial charge in [0.05, 0.1) is 12.1 Å². The maximum Gasteiger partial charge on any atom is 0.404 e. The fourth-order valence-electron chi connectivity index (χ4n) is 3.94. The van der Waals surface area contributed by atoms with Crippen molar-refractivity contribution in [2.24, 2.45) is 11.1 Å². The Morgan fingerprint density at radius 3 is 2.07 bits per heavy atom. The highest BCUT2D eigenvalue weighted by Crippen LogP contribution is 2.38. The molecule has 0 saturated carbocycles. The van der Waals surface area contributed by atoms with E-state index >= 15 is 0 Å². The van der Waals surface area contributed by atoms with Crippen LogP contribution in [0.5, 0.6) is 0 Å². The van der Waals surface area contributed by atoms with Crippen molar-refractivity contribution in [3.05, 3.63) is 71.8 Å². The predicted octanol–water partition coefficient (Wildman–Crippen LogP) is 3.77. The van der Waals surface area contributed by atoms with Crippen LogP contribution in [0, 0.1) is 5.41 Å². The molecule has 5 nitrogen and oxygen atoms in total. The lowest BCUT2D eigenvalue weighted by atomic mass is 9.71. The standard InChI is InChI=1S/C23H32N2O3/c1-23(2,3)21(17-12-8-5-9-13-17)18(24)15-20(26)19(25-22(27)28)14-16-10-6-4-7-11-16/h4-13,18-21,25-26H,14-15,24H2,1-3H3,(H,27,28)/t18-,19-,20+,21?/m0/s1. The van der Waals surface area contributed by atoms with Crippen LogP contribution < -0.4 is 11.1 Å². The molecule has 0 radical (unpaired) electrons. The van der Waals surface area contributed by atoms with Gasteiger partial charge in [0, 0.05) is 12.0 Å². The first-order valence-electron chi connectivity index (χ1n) is 9.70. The van der Waals surface area contributed by atoms with E-state index < -0.39 is 18.2 Å². The molecule has 5 heteroatoms. The molecule has 0 spiro atoms. The number of rotatable bonds is 8. The monoisotopic (exact) mass is 384 g/mol. The number of aliphatic hydroxyl groups excluding tert-OH is 1. The molecule has 0 aromatic heterocycles. The van der Waals surface area contributed by atoms with Gasteiger partial charge >= 0.3 is 6.09 Å². The molecular weight excluding hydrogens is 352 g/mol. The van der Waals surface area contributed by atoms with Crippen LogP contribution >= 0.6 is 0 Å². The molecule has 1 amide bonds. The van der Waals surface area contributed by atoms with Crippen LogP contribution in [0.2, 0.25) is 0 Å². The first-order valence-corrected chi connectivity index (χ1v) is 9.70. The van der Waals surface area contributed by atoms with E-state index in [1.165, 1.54) is 0 Å². The van der Waals surface area contributed by atoms with Crippen molar-refractivity contribution in [3.8, 4) is 0 Å². The molecule has 152 valence electrons. The van der Waals surface area contributed by atoms with Gasteiger partial charge in [0.25, 0.3) is 0 Å². The van der Waals surface area contributed by atoms with Gasteiger partial charge in [0.2, 0.25) is 0 Å². The van der Waals surface area contributed by atoms with Crippen molar-refractivity contribution in [1.29, 1.82) is 0 Å². The number of benzene rings is 2. The van der Waals surface area contributed by atoms with Gasteiger partial charge in [-0.15, -0.1) is 0 Å². The maximum atomic E-state index is 11.3. The predicted molar refractivity (Wildman–Crippen MR) is 112 cm³/mol. The Morgan fingerprint density at radius 1 is 1.04 bits per heavy atom. The molecule has 2 aromatic carbocycles. The summed E-state index contributed by atoms with van der Waals surface area (Å²) in [5.41, 5.74) is 8.55. The van der Waals surface area contributed by atoms with Gasteiger partial charge in [0.1, 0.15) is 0 Å². The first kappa shape index (κ1) is 21.9. The van der Waals surface area contributed by atoms with Gasteiger partial charge in [-0.25, -0.2) is 4.79 Å². The van der Waals surface area contributed by atoms with E-state index in [9.17, 15) is 15.0 Å². The van der Waals surface area contributed by atoms with Crippen LogP contribution in [0.1, 0.15) is 44.2 Å². The van der Waals surface area contributed by atoms with E-state index in [2.05, 4.69) is 38.2 Å². The van der Waals surface area contributed by atoms with Gasteiger partial charge in [-0.3, -0.25) is 0 Å². The number of carboxylic acid groups (broad SMARTS) is 1. The summed E-state index contributed by atoms with van der Waals surface area (Å²) in [5, 5.41) is 22.5. The molecule has 0 aliphatic carbocycles. The molecular formula is C23H32N2O3. The van der Waals surface area contributed by atoms with Crippen LogP contribution in [-0.4, -0.2) is 34.5 Å². The summed E-state index contributed by atoms with van der Waals surface area (Å²) in [7, 11) is 0. The van der Waals surface area contributed by atoms with E-state index in [-0.39, 0.29) is 17.4 Å². The number of nitrogens with one attached hydrogen (secondary N) is 1. The minimum absolute atomic E-state index is 0.0329. The fraction of sp³-hybridized carbons (Fsp3) is 0.435. The van der Waals surface area contributed by atoms with E-state index in [1.807, 2.05) is 48.5 Å².